The average molecular weight is 604 g/mol. The molecule has 230 valence electrons. The van der Waals surface area contributed by atoms with Gasteiger partial charge in [-0.3, -0.25) is 4.79 Å². The van der Waals surface area contributed by atoms with Gasteiger partial charge in [0.25, 0.3) is 5.91 Å². The van der Waals surface area contributed by atoms with Crippen molar-refractivity contribution in [2.24, 2.45) is 0 Å². The summed E-state index contributed by atoms with van der Waals surface area (Å²) in [5.74, 6) is 0.160. The minimum atomic E-state index is -4.56. The van der Waals surface area contributed by atoms with Crippen LogP contribution in [-0.4, -0.2) is 80.8 Å². The highest BCUT2D eigenvalue weighted by Crippen LogP contribution is 2.40. The Balaban J connectivity index is 1.17. The minimum absolute atomic E-state index is 0.0463. The molecule has 7 rings (SSSR count). The lowest BCUT2D eigenvalue weighted by Crippen LogP contribution is -2.40. The number of hydrogen-bond acceptors (Lipinski definition) is 8. The van der Waals surface area contributed by atoms with Crippen LogP contribution in [0.4, 0.5) is 18.0 Å². The number of nitrogens with one attached hydrogen (secondary N) is 3. The summed E-state index contributed by atoms with van der Waals surface area (Å²) < 4.78 is 57.2. The predicted molar refractivity (Wildman–Crippen MR) is 143 cm³/mol. The van der Waals surface area contributed by atoms with E-state index in [2.05, 4.69) is 20.6 Å². The minimum Gasteiger partial charge on any atom is -0.376 e. The van der Waals surface area contributed by atoms with Crippen LogP contribution in [0.1, 0.15) is 91.0 Å². The van der Waals surface area contributed by atoms with Crippen LogP contribution in [0.15, 0.2) is 22.8 Å². The number of amides is 3. The number of aromatic amines is 1. The van der Waals surface area contributed by atoms with Gasteiger partial charge in [-0.05, 0) is 68.3 Å². The molecule has 3 aliphatic carbocycles. The van der Waals surface area contributed by atoms with Gasteiger partial charge in [-0.1, -0.05) is 11.2 Å². The van der Waals surface area contributed by atoms with Crippen molar-refractivity contribution < 1.29 is 36.9 Å². The van der Waals surface area contributed by atoms with Crippen molar-refractivity contribution in [3.63, 3.8) is 0 Å². The topological polar surface area (TPSA) is 148 Å². The number of hydrogen-bond donors (Lipinski definition) is 3. The summed E-state index contributed by atoms with van der Waals surface area (Å²) in [7, 11) is 0. The van der Waals surface area contributed by atoms with Crippen molar-refractivity contribution in [3.05, 3.63) is 41.0 Å². The molecule has 3 saturated carbocycles. The zero-order chi connectivity index (χ0) is 29.9. The number of imidazole rings is 1. The second kappa shape index (κ2) is 10.8. The van der Waals surface area contributed by atoms with Gasteiger partial charge < -0.3 is 30.0 Å². The average Bonchev–Trinajstić information content (AvgIpc) is 3.93. The second-order valence-corrected chi connectivity index (χ2v) is 11.9. The molecular weight excluding hydrogens is 571 g/mol. The van der Waals surface area contributed by atoms with Gasteiger partial charge in [0.15, 0.2) is 5.69 Å². The maximum absolute atomic E-state index is 13.4. The summed E-state index contributed by atoms with van der Waals surface area (Å²) in [4.78, 5) is 35.2. The molecule has 15 heteroatoms. The maximum atomic E-state index is 13.4. The summed E-state index contributed by atoms with van der Waals surface area (Å²) in [5, 5.41) is 12.8. The van der Waals surface area contributed by atoms with E-state index in [1.54, 1.807) is 18.2 Å². The first-order valence-electron chi connectivity index (χ1n) is 14.7. The normalized spacial score (nSPS) is 22.9. The number of fused-ring (bicyclic) bond motifs is 1. The van der Waals surface area contributed by atoms with Crippen molar-refractivity contribution in [2.75, 3.05) is 13.2 Å². The summed E-state index contributed by atoms with van der Waals surface area (Å²) in [6.45, 7) is 1.40. The molecule has 0 radical (unpaired) electrons. The molecule has 3 aromatic rings. The van der Waals surface area contributed by atoms with Crippen molar-refractivity contribution in [1.29, 1.82) is 0 Å². The number of aromatic nitrogens is 4. The number of halogens is 3. The Morgan fingerprint density at radius 1 is 1.16 bits per heavy atom. The molecule has 1 aliphatic heterocycles. The van der Waals surface area contributed by atoms with Gasteiger partial charge in [0.1, 0.15) is 23.6 Å². The smallest absolute Gasteiger partial charge is 0.376 e. The van der Waals surface area contributed by atoms with E-state index in [9.17, 15) is 22.8 Å². The number of alkyl halides is 3. The van der Waals surface area contributed by atoms with Crippen LogP contribution in [0.3, 0.4) is 0 Å². The van der Waals surface area contributed by atoms with E-state index in [0.29, 0.717) is 28.1 Å². The van der Waals surface area contributed by atoms with Gasteiger partial charge in [0, 0.05) is 5.92 Å². The monoisotopic (exact) mass is 603 g/mol. The largest absolute Gasteiger partial charge is 0.410 e. The molecule has 4 fully saturated rings. The number of benzene rings is 1. The number of H-pyrrole nitrogens is 1. The molecule has 1 aromatic carbocycles. The van der Waals surface area contributed by atoms with E-state index < -0.39 is 48.9 Å². The molecule has 3 amide bonds. The Kier molecular flexibility index (Phi) is 7.03. The summed E-state index contributed by atoms with van der Waals surface area (Å²) in [6, 6.07) is 1.09. The summed E-state index contributed by atoms with van der Waals surface area (Å²) in [5.41, 5.74) is 2.45. The van der Waals surface area contributed by atoms with Crippen LogP contribution in [0.25, 0.3) is 11.0 Å². The summed E-state index contributed by atoms with van der Waals surface area (Å²) >= 11 is 0. The Hall–Kier alpha value is -3.72. The first-order valence-corrected chi connectivity index (χ1v) is 14.7. The van der Waals surface area contributed by atoms with Crippen LogP contribution in [-0.2, 0) is 9.47 Å². The number of ether oxygens (including phenoxy) is 2. The molecule has 1 saturated heterocycles. The lowest BCUT2D eigenvalue weighted by atomic mass is 10.1. The quantitative estimate of drug-likeness (QED) is 0.281. The van der Waals surface area contributed by atoms with E-state index in [0.717, 1.165) is 38.5 Å². The van der Waals surface area contributed by atoms with Crippen LogP contribution in [0, 0.1) is 0 Å². The Bertz CT molecular complexity index is 1510. The Morgan fingerprint density at radius 3 is 2.60 bits per heavy atom. The Labute approximate surface area is 244 Å². The van der Waals surface area contributed by atoms with Crippen LogP contribution in [0.5, 0.6) is 0 Å². The third-order valence-corrected chi connectivity index (χ3v) is 8.31. The third kappa shape index (κ3) is 6.05. The lowest BCUT2D eigenvalue weighted by Gasteiger charge is -2.27. The molecule has 0 spiro atoms. The molecule has 4 aliphatic rings. The second-order valence-electron chi connectivity index (χ2n) is 11.9. The maximum Gasteiger partial charge on any atom is 0.410 e. The van der Waals surface area contributed by atoms with Gasteiger partial charge in [-0.15, -0.1) is 0 Å². The van der Waals surface area contributed by atoms with Crippen molar-refractivity contribution in [1.82, 2.24) is 35.8 Å². The van der Waals surface area contributed by atoms with Gasteiger partial charge >= 0.3 is 12.2 Å². The molecule has 12 nitrogen and oxygen atoms in total. The number of urea groups is 1. The molecule has 3 N–H and O–H groups in total. The SMILES string of the molecule is C[C@@H](OC1CC1)[C@H](NC(=O)c1nonc1C1CC1)c1nc2cc([C@@H](COC3CC3)N3C[C@@H](C(F)(F)F)NC3=O)ccc2[nH]1. The van der Waals surface area contributed by atoms with E-state index in [1.165, 1.54) is 4.90 Å². The van der Waals surface area contributed by atoms with Gasteiger partial charge in [-0.25, -0.2) is 14.4 Å². The molecular formula is C28H32F3N7O5. The zero-order valence-corrected chi connectivity index (χ0v) is 23.4. The van der Waals surface area contributed by atoms with E-state index >= 15 is 0 Å². The number of nitrogens with zero attached hydrogens (tertiary/aromatic N) is 4. The van der Waals surface area contributed by atoms with E-state index in [1.807, 2.05) is 12.2 Å². The summed E-state index contributed by atoms with van der Waals surface area (Å²) in [6.07, 6.45) is 0.654. The van der Waals surface area contributed by atoms with Crippen LogP contribution >= 0.6 is 0 Å². The van der Waals surface area contributed by atoms with Crippen LogP contribution in [0.2, 0.25) is 0 Å². The number of carbonyl (C=O) groups is 2. The first kappa shape index (κ1) is 28.1. The molecule has 3 heterocycles. The Morgan fingerprint density at radius 2 is 1.93 bits per heavy atom. The molecule has 43 heavy (non-hydrogen) atoms. The lowest BCUT2D eigenvalue weighted by molar-refractivity contribution is -0.150. The first-order chi connectivity index (χ1) is 20.6. The van der Waals surface area contributed by atoms with Crippen molar-refractivity contribution in [2.45, 2.75) is 94.0 Å². The fraction of sp³-hybridized carbons (Fsp3) is 0.607. The van der Waals surface area contributed by atoms with Crippen molar-refractivity contribution in [3.8, 4) is 0 Å². The molecule has 2 aromatic heterocycles. The van der Waals surface area contributed by atoms with E-state index in [4.69, 9.17) is 19.1 Å². The van der Waals surface area contributed by atoms with Crippen LogP contribution < -0.4 is 10.6 Å². The third-order valence-electron chi connectivity index (χ3n) is 8.31. The van der Waals surface area contributed by atoms with Gasteiger partial charge in [0.2, 0.25) is 0 Å². The molecule has 4 atom stereocenters. The highest BCUT2D eigenvalue weighted by atomic mass is 19.4. The fourth-order valence-electron chi connectivity index (χ4n) is 5.42. The standard InChI is InChI=1S/C28H32F3N7O5/c1-13(42-17-7-8-17)22(35-26(39)24-23(14-2-3-14)36-43-37-24)25-32-18-9-4-15(10-19(18)33-25)20(12-41-16-5-6-16)38-11-21(28(29,30)31)34-27(38)40/h4,9-10,13-14,16-17,20-22H,2-3,5-8,11-12H2,1H3,(H,32,33)(H,34,40)(H,35,39)/t13-,20-,21+,22+/m1/s1. The van der Waals surface area contributed by atoms with E-state index in [-0.39, 0.29) is 30.4 Å². The van der Waals surface area contributed by atoms with Crippen molar-refractivity contribution >= 4 is 23.0 Å². The highest BCUT2D eigenvalue weighted by Gasteiger charge is 2.49. The fourth-order valence-corrected chi connectivity index (χ4v) is 5.42. The zero-order valence-electron chi connectivity index (χ0n) is 23.4. The van der Waals surface area contributed by atoms with Gasteiger partial charge in [0.05, 0.1) is 48.5 Å². The molecule has 0 unspecified atom stereocenters. The predicted octanol–water partition coefficient (Wildman–Crippen LogP) is 4.04. The number of carbonyl (C=O) groups excluding carboxylic acids is 2. The molecule has 0 bridgehead atoms. The van der Waals surface area contributed by atoms with Gasteiger partial charge in [-0.2, -0.15) is 13.2 Å². The number of rotatable bonds is 12. The highest BCUT2D eigenvalue weighted by molar-refractivity contribution is 5.93.